The fourth-order valence-corrected chi connectivity index (χ4v) is 3.22. The molecule has 4 heteroatoms. The molecule has 1 aliphatic rings. The summed E-state index contributed by atoms with van der Waals surface area (Å²) >= 11 is 0. The Bertz CT molecular complexity index is 896. The van der Waals surface area contributed by atoms with E-state index in [1.165, 1.54) is 5.56 Å². The molecule has 1 fully saturated rings. The summed E-state index contributed by atoms with van der Waals surface area (Å²) in [5.41, 5.74) is 3.34. The predicted molar refractivity (Wildman–Crippen MR) is 95.3 cm³/mol. The average molecular weight is 320 g/mol. The highest BCUT2D eigenvalue weighted by molar-refractivity contribution is 5.79. The standard InChI is InChI=1S/C20H20N2O2/c23-19-8-10-22(14-15-4-2-1-3-5-15)18-12-16(6-7-17(18)19)20-13-21-9-11-24-20/h1-8,10,12,20-21H,9,11,13-14H2. The Kier molecular flexibility index (Phi) is 4.15. The Morgan fingerprint density at radius 2 is 2.00 bits per heavy atom. The van der Waals surface area contributed by atoms with Crippen molar-refractivity contribution in [3.8, 4) is 0 Å². The maximum absolute atomic E-state index is 12.2. The van der Waals surface area contributed by atoms with Crippen LogP contribution in [0.2, 0.25) is 0 Å². The van der Waals surface area contributed by atoms with E-state index in [0.29, 0.717) is 6.61 Å². The predicted octanol–water partition coefficient (Wildman–Crippen LogP) is 2.71. The lowest BCUT2D eigenvalue weighted by Crippen LogP contribution is -2.33. The van der Waals surface area contributed by atoms with Gasteiger partial charge in [-0.2, -0.15) is 0 Å². The van der Waals surface area contributed by atoms with Crippen LogP contribution < -0.4 is 10.7 Å². The van der Waals surface area contributed by atoms with E-state index in [1.807, 2.05) is 36.5 Å². The molecule has 0 amide bonds. The third kappa shape index (κ3) is 2.98. The zero-order valence-electron chi connectivity index (χ0n) is 13.4. The molecule has 0 saturated carbocycles. The van der Waals surface area contributed by atoms with Crippen molar-refractivity contribution in [2.45, 2.75) is 12.6 Å². The van der Waals surface area contributed by atoms with E-state index in [9.17, 15) is 4.79 Å². The number of pyridine rings is 1. The van der Waals surface area contributed by atoms with Crippen LogP contribution in [0.1, 0.15) is 17.2 Å². The summed E-state index contributed by atoms with van der Waals surface area (Å²) in [6.07, 6.45) is 1.92. The van der Waals surface area contributed by atoms with Gasteiger partial charge in [-0.25, -0.2) is 0 Å². The normalized spacial score (nSPS) is 17.9. The molecule has 0 radical (unpaired) electrons. The first-order valence-electron chi connectivity index (χ1n) is 8.30. The number of benzene rings is 2. The molecular formula is C20H20N2O2. The molecule has 2 heterocycles. The maximum Gasteiger partial charge on any atom is 0.189 e. The van der Waals surface area contributed by atoms with Crippen molar-refractivity contribution in [1.82, 2.24) is 9.88 Å². The lowest BCUT2D eigenvalue weighted by molar-refractivity contribution is 0.0277. The van der Waals surface area contributed by atoms with Crippen molar-refractivity contribution in [1.29, 1.82) is 0 Å². The van der Waals surface area contributed by atoms with Crippen molar-refractivity contribution in [2.24, 2.45) is 0 Å². The molecule has 1 atom stereocenters. The highest BCUT2D eigenvalue weighted by Crippen LogP contribution is 2.23. The minimum Gasteiger partial charge on any atom is -0.371 e. The summed E-state index contributed by atoms with van der Waals surface area (Å²) in [4.78, 5) is 12.2. The van der Waals surface area contributed by atoms with E-state index in [2.05, 4.69) is 28.1 Å². The van der Waals surface area contributed by atoms with Gasteiger partial charge in [0.2, 0.25) is 0 Å². The second kappa shape index (κ2) is 6.59. The van der Waals surface area contributed by atoms with E-state index < -0.39 is 0 Å². The van der Waals surface area contributed by atoms with Crippen LogP contribution in [-0.2, 0) is 11.3 Å². The highest BCUT2D eigenvalue weighted by atomic mass is 16.5. The Morgan fingerprint density at radius 3 is 2.79 bits per heavy atom. The number of rotatable bonds is 3. The van der Waals surface area contributed by atoms with E-state index in [0.717, 1.165) is 36.1 Å². The van der Waals surface area contributed by atoms with Gasteiger partial charge in [0.1, 0.15) is 0 Å². The number of fused-ring (bicyclic) bond motifs is 1. The van der Waals surface area contributed by atoms with Crippen LogP contribution in [0.25, 0.3) is 10.9 Å². The third-order valence-electron chi connectivity index (χ3n) is 4.50. The summed E-state index contributed by atoms with van der Waals surface area (Å²) in [5.74, 6) is 0. The zero-order chi connectivity index (χ0) is 16.4. The monoisotopic (exact) mass is 320 g/mol. The number of nitrogens with one attached hydrogen (secondary N) is 1. The fraction of sp³-hybridized carbons (Fsp3) is 0.250. The second-order valence-electron chi connectivity index (χ2n) is 6.13. The summed E-state index contributed by atoms with van der Waals surface area (Å²) < 4.78 is 7.98. The van der Waals surface area contributed by atoms with Crippen molar-refractivity contribution in [3.05, 3.63) is 82.1 Å². The second-order valence-corrected chi connectivity index (χ2v) is 6.13. The molecule has 1 N–H and O–H groups in total. The number of hydrogen-bond acceptors (Lipinski definition) is 3. The van der Waals surface area contributed by atoms with Gasteiger partial charge in [-0.15, -0.1) is 0 Å². The molecule has 24 heavy (non-hydrogen) atoms. The smallest absolute Gasteiger partial charge is 0.189 e. The molecule has 3 aromatic rings. The van der Waals surface area contributed by atoms with Crippen LogP contribution in [0.5, 0.6) is 0 Å². The average Bonchev–Trinajstić information content (AvgIpc) is 2.65. The van der Waals surface area contributed by atoms with Gasteiger partial charge >= 0.3 is 0 Å². The summed E-state index contributed by atoms with van der Waals surface area (Å²) in [7, 11) is 0. The van der Waals surface area contributed by atoms with Crippen LogP contribution in [0.15, 0.2) is 65.6 Å². The van der Waals surface area contributed by atoms with Crippen LogP contribution in [0.4, 0.5) is 0 Å². The molecule has 1 aromatic heterocycles. The number of hydrogen-bond donors (Lipinski definition) is 1. The SMILES string of the molecule is O=c1ccn(Cc2ccccc2)c2cc(C3CNCCO3)ccc12. The molecule has 0 spiro atoms. The lowest BCUT2D eigenvalue weighted by Gasteiger charge is -2.24. The molecule has 122 valence electrons. The van der Waals surface area contributed by atoms with Crippen molar-refractivity contribution in [2.75, 3.05) is 19.7 Å². The number of ether oxygens (including phenoxy) is 1. The van der Waals surface area contributed by atoms with Crippen LogP contribution in [0, 0.1) is 0 Å². The van der Waals surface area contributed by atoms with Gasteiger partial charge < -0.3 is 14.6 Å². The quantitative estimate of drug-likeness (QED) is 0.807. The van der Waals surface area contributed by atoms with Crippen molar-refractivity contribution in [3.63, 3.8) is 0 Å². The van der Waals surface area contributed by atoms with Gasteiger partial charge in [0, 0.05) is 37.3 Å². The molecule has 4 rings (SSSR count). The van der Waals surface area contributed by atoms with E-state index in [-0.39, 0.29) is 11.5 Å². The molecule has 1 unspecified atom stereocenters. The van der Waals surface area contributed by atoms with Crippen molar-refractivity contribution >= 4 is 10.9 Å². The molecule has 1 saturated heterocycles. The Labute approximate surface area is 140 Å². The molecule has 2 aromatic carbocycles. The van der Waals surface area contributed by atoms with E-state index >= 15 is 0 Å². The first-order chi connectivity index (χ1) is 11.8. The van der Waals surface area contributed by atoms with Crippen LogP contribution >= 0.6 is 0 Å². The molecular weight excluding hydrogens is 300 g/mol. The van der Waals surface area contributed by atoms with Gasteiger partial charge in [0.25, 0.3) is 0 Å². The minimum atomic E-state index is 0.0450. The van der Waals surface area contributed by atoms with E-state index in [1.54, 1.807) is 6.07 Å². The number of nitrogens with zero attached hydrogens (tertiary/aromatic N) is 1. The summed E-state index contributed by atoms with van der Waals surface area (Å²) in [6.45, 7) is 3.16. The summed E-state index contributed by atoms with van der Waals surface area (Å²) in [5, 5.41) is 4.10. The first kappa shape index (κ1) is 15.1. The van der Waals surface area contributed by atoms with Crippen LogP contribution in [-0.4, -0.2) is 24.3 Å². The Morgan fingerprint density at radius 1 is 1.12 bits per heavy atom. The maximum atomic E-state index is 12.2. The largest absolute Gasteiger partial charge is 0.371 e. The van der Waals surface area contributed by atoms with Crippen molar-refractivity contribution < 1.29 is 4.74 Å². The number of morpholine rings is 1. The third-order valence-corrected chi connectivity index (χ3v) is 4.50. The molecule has 4 nitrogen and oxygen atoms in total. The zero-order valence-corrected chi connectivity index (χ0v) is 13.4. The van der Waals surface area contributed by atoms with E-state index in [4.69, 9.17) is 4.74 Å². The Balaban J connectivity index is 1.78. The molecule has 1 aliphatic heterocycles. The van der Waals surface area contributed by atoms with Gasteiger partial charge in [0.05, 0.1) is 18.2 Å². The van der Waals surface area contributed by atoms with Crippen LogP contribution in [0.3, 0.4) is 0 Å². The molecule has 0 bridgehead atoms. The highest BCUT2D eigenvalue weighted by Gasteiger charge is 2.16. The Hall–Kier alpha value is -2.43. The van der Waals surface area contributed by atoms with Gasteiger partial charge in [0.15, 0.2) is 5.43 Å². The lowest BCUT2D eigenvalue weighted by atomic mass is 10.0. The topological polar surface area (TPSA) is 43.3 Å². The molecule has 0 aliphatic carbocycles. The first-order valence-corrected chi connectivity index (χ1v) is 8.30. The van der Waals surface area contributed by atoms with Gasteiger partial charge in [-0.1, -0.05) is 36.4 Å². The minimum absolute atomic E-state index is 0.0450. The van der Waals surface area contributed by atoms with Gasteiger partial charge in [-0.3, -0.25) is 4.79 Å². The fourth-order valence-electron chi connectivity index (χ4n) is 3.22. The van der Waals surface area contributed by atoms with Gasteiger partial charge in [-0.05, 0) is 23.3 Å². The number of aromatic nitrogens is 1. The summed E-state index contributed by atoms with van der Waals surface area (Å²) in [6, 6.07) is 17.9.